The van der Waals surface area contributed by atoms with Gasteiger partial charge in [0, 0.05) is 13.1 Å². The van der Waals surface area contributed by atoms with Crippen LogP contribution in [0.25, 0.3) is 0 Å². The SMILES string of the molecule is Cc1noc(NCC(=O)N2CCCC2)n1. The van der Waals surface area contributed by atoms with Gasteiger partial charge in [0.1, 0.15) is 0 Å². The smallest absolute Gasteiger partial charge is 0.321 e. The maximum absolute atomic E-state index is 11.6. The summed E-state index contributed by atoms with van der Waals surface area (Å²) in [6.07, 6.45) is 2.21. The highest BCUT2D eigenvalue weighted by Gasteiger charge is 2.17. The molecular weight excluding hydrogens is 196 g/mol. The number of aryl methyl sites for hydroxylation is 1. The summed E-state index contributed by atoms with van der Waals surface area (Å²) in [5.41, 5.74) is 0. The van der Waals surface area contributed by atoms with Gasteiger partial charge in [-0.15, -0.1) is 0 Å². The average Bonchev–Trinajstić information content (AvgIpc) is 2.84. The Morgan fingerprint density at radius 1 is 1.53 bits per heavy atom. The average molecular weight is 210 g/mol. The lowest BCUT2D eigenvalue weighted by Gasteiger charge is -2.14. The number of hydrogen-bond acceptors (Lipinski definition) is 5. The molecule has 1 aromatic heterocycles. The third kappa shape index (κ3) is 2.45. The molecule has 0 bridgehead atoms. The maximum atomic E-state index is 11.6. The van der Waals surface area contributed by atoms with Crippen LogP contribution in [0.4, 0.5) is 6.01 Å². The molecule has 1 amide bonds. The van der Waals surface area contributed by atoms with Gasteiger partial charge in [-0.25, -0.2) is 0 Å². The molecule has 6 heteroatoms. The van der Waals surface area contributed by atoms with Crippen molar-refractivity contribution in [2.75, 3.05) is 25.0 Å². The summed E-state index contributed by atoms with van der Waals surface area (Å²) in [4.78, 5) is 17.4. The van der Waals surface area contributed by atoms with E-state index in [0.29, 0.717) is 11.8 Å². The lowest BCUT2D eigenvalue weighted by molar-refractivity contribution is -0.128. The number of rotatable bonds is 3. The van der Waals surface area contributed by atoms with E-state index >= 15 is 0 Å². The second-order valence-corrected chi connectivity index (χ2v) is 3.59. The van der Waals surface area contributed by atoms with E-state index in [-0.39, 0.29) is 12.5 Å². The van der Waals surface area contributed by atoms with E-state index in [9.17, 15) is 4.79 Å². The standard InChI is InChI=1S/C9H14N4O2/c1-7-11-9(15-12-7)10-6-8(14)13-4-2-3-5-13/h2-6H2,1H3,(H,10,11,12). The number of aromatic nitrogens is 2. The van der Waals surface area contributed by atoms with Crippen molar-refractivity contribution in [3.05, 3.63) is 5.82 Å². The molecule has 15 heavy (non-hydrogen) atoms. The van der Waals surface area contributed by atoms with Gasteiger partial charge in [-0.05, 0) is 19.8 Å². The summed E-state index contributed by atoms with van der Waals surface area (Å²) in [5, 5.41) is 6.43. The first-order valence-electron chi connectivity index (χ1n) is 5.07. The Morgan fingerprint density at radius 3 is 2.87 bits per heavy atom. The van der Waals surface area contributed by atoms with E-state index in [2.05, 4.69) is 15.5 Å². The summed E-state index contributed by atoms with van der Waals surface area (Å²) >= 11 is 0. The Hall–Kier alpha value is -1.59. The highest BCUT2D eigenvalue weighted by molar-refractivity contribution is 5.80. The van der Waals surface area contributed by atoms with E-state index < -0.39 is 0 Å². The minimum Gasteiger partial charge on any atom is -0.341 e. The molecule has 1 fully saturated rings. The molecule has 1 aromatic rings. The number of carbonyl (C=O) groups is 1. The topological polar surface area (TPSA) is 71.3 Å². The predicted molar refractivity (Wildman–Crippen MR) is 53.3 cm³/mol. The fraction of sp³-hybridized carbons (Fsp3) is 0.667. The lowest BCUT2D eigenvalue weighted by Crippen LogP contribution is -2.33. The van der Waals surface area contributed by atoms with Gasteiger partial charge in [0.05, 0.1) is 6.54 Å². The first-order chi connectivity index (χ1) is 7.25. The van der Waals surface area contributed by atoms with Gasteiger partial charge in [0.15, 0.2) is 5.82 Å². The Kier molecular flexibility index (Phi) is 2.84. The van der Waals surface area contributed by atoms with Gasteiger partial charge >= 0.3 is 6.01 Å². The second-order valence-electron chi connectivity index (χ2n) is 3.59. The normalized spacial score (nSPS) is 15.7. The van der Waals surface area contributed by atoms with Gasteiger partial charge < -0.3 is 14.7 Å². The molecule has 0 spiro atoms. The molecule has 1 saturated heterocycles. The van der Waals surface area contributed by atoms with E-state index in [1.807, 2.05) is 4.90 Å². The molecule has 2 heterocycles. The lowest BCUT2D eigenvalue weighted by atomic mass is 10.4. The highest BCUT2D eigenvalue weighted by atomic mass is 16.5. The van der Waals surface area contributed by atoms with E-state index in [0.717, 1.165) is 25.9 Å². The van der Waals surface area contributed by atoms with Crippen LogP contribution in [0, 0.1) is 6.92 Å². The summed E-state index contributed by atoms with van der Waals surface area (Å²) in [7, 11) is 0. The summed E-state index contributed by atoms with van der Waals surface area (Å²) < 4.78 is 4.83. The number of nitrogens with zero attached hydrogens (tertiary/aromatic N) is 3. The van der Waals surface area contributed by atoms with Crippen LogP contribution in [0.2, 0.25) is 0 Å². The zero-order chi connectivity index (χ0) is 10.7. The quantitative estimate of drug-likeness (QED) is 0.782. The van der Waals surface area contributed by atoms with Crippen LogP contribution in [0.1, 0.15) is 18.7 Å². The van der Waals surface area contributed by atoms with Crippen LogP contribution in [-0.2, 0) is 4.79 Å². The molecule has 0 aliphatic carbocycles. The number of likely N-dealkylation sites (tertiary alicyclic amines) is 1. The molecule has 0 atom stereocenters. The van der Waals surface area contributed by atoms with Crippen LogP contribution in [0.15, 0.2) is 4.52 Å². The number of amides is 1. The molecule has 0 radical (unpaired) electrons. The Morgan fingerprint density at radius 2 is 2.27 bits per heavy atom. The largest absolute Gasteiger partial charge is 0.341 e. The van der Waals surface area contributed by atoms with Crippen LogP contribution in [-0.4, -0.2) is 40.6 Å². The Labute approximate surface area is 87.6 Å². The number of hydrogen-bond donors (Lipinski definition) is 1. The molecule has 1 aliphatic rings. The zero-order valence-electron chi connectivity index (χ0n) is 8.69. The fourth-order valence-corrected chi connectivity index (χ4v) is 1.60. The summed E-state index contributed by atoms with van der Waals surface area (Å²) in [6.45, 7) is 3.69. The summed E-state index contributed by atoms with van der Waals surface area (Å²) in [5.74, 6) is 0.648. The van der Waals surface area contributed by atoms with Crippen molar-refractivity contribution in [2.24, 2.45) is 0 Å². The van der Waals surface area contributed by atoms with Gasteiger partial charge in [-0.3, -0.25) is 4.79 Å². The van der Waals surface area contributed by atoms with Crippen molar-refractivity contribution in [3.63, 3.8) is 0 Å². The van der Waals surface area contributed by atoms with Crippen LogP contribution in [0.5, 0.6) is 0 Å². The first-order valence-corrected chi connectivity index (χ1v) is 5.07. The first kappa shape index (κ1) is 9.95. The molecule has 0 aromatic carbocycles. The van der Waals surface area contributed by atoms with Gasteiger partial charge in [-0.2, -0.15) is 4.98 Å². The van der Waals surface area contributed by atoms with E-state index in [1.54, 1.807) is 6.92 Å². The van der Waals surface area contributed by atoms with E-state index in [4.69, 9.17) is 4.52 Å². The van der Waals surface area contributed by atoms with Crippen LogP contribution in [0.3, 0.4) is 0 Å². The van der Waals surface area contributed by atoms with Crippen molar-refractivity contribution in [1.29, 1.82) is 0 Å². The number of nitrogens with one attached hydrogen (secondary N) is 1. The van der Waals surface area contributed by atoms with Gasteiger partial charge in [-0.1, -0.05) is 5.16 Å². The van der Waals surface area contributed by atoms with Crippen LogP contribution < -0.4 is 5.32 Å². The minimum atomic E-state index is 0.0864. The number of anilines is 1. The van der Waals surface area contributed by atoms with Crippen molar-refractivity contribution in [1.82, 2.24) is 15.0 Å². The van der Waals surface area contributed by atoms with Gasteiger partial charge in [0.2, 0.25) is 5.91 Å². The van der Waals surface area contributed by atoms with Crippen molar-refractivity contribution >= 4 is 11.9 Å². The van der Waals surface area contributed by atoms with Crippen molar-refractivity contribution in [3.8, 4) is 0 Å². The molecule has 0 unspecified atom stereocenters. The third-order valence-electron chi connectivity index (χ3n) is 2.38. The molecule has 1 N–H and O–H groups in total. The molecule has 6 nitrogen and oxygen atoms in total. The Bertz CT molecular complexity index is 344. The second kappa shape index (κ2) is 4.29. The van der Waals surface area contributed by atoms with Crippen LogP contribution >= 0.6 is 0 Å². The molecule has 0 saturated carbocycles. The van der Waals surface area contributed by atoms with E-state index in [1.165, 1.54) is 0 Å². The maximum Gasteiger partial charge on any atom is 0.321 e. The highest BCUT2D eigenvalue weighted by Crippen LogP contribution is 2.08. The zero-order valence-corrected chi connectivity index (χ0v) is 8.69. The molecule has 2 rings (SSSR count). The van der Waals surface area contributed by atoms with Crippen molar-refractivity contribution in [2.45, 2.75) is 19.8 Å². The monoisotopic (exact) mass is 210 g/mol. The molecular formula is C9H14N4O2. The summed E-state index contributed by atoms with van der Waals surface area (Å²) in [6, 6.07) is 0.306. The minimum absolute atomic E-state index is 0.0864. The Balaban J connectivity index is 1.80. The third-order valence-corrected chi connectivity index (χ3v) is 2.38. The van der Waals surface area contributed by atoms with Gasteiger partial charge in [0.25, 0.3) is 0 Å². The molecule has 1 aliphatic heterocycles. The van der Waals surface area contributed by atoms with Crippen molar-refractivity contribution < 1.29 is 9.32 Å². The predicted octanol–water partition coefficient (Wildman–Crippen LogP) is 0.412. The molecule has 82 valence electrons. The number of carbonyl (C=O) groups excluding carboxylic acids is 1. The fourth-order valence-electron chi connectivity index (χ4n) is 1.60.